The molecule has 0 radical (unpaired) electrons. The first-order valence-electron chi connectivity index (χ1n) is 7.20. The molecule has 0 heterocycles. The molecule has 0 aliphatic rings. The molecule has 0 aliphatic heterocycles. The lowest BCUT2D eigenvalue weighted by molar-refractivity contribution is 0.324. The van der Waals surface area contributed by atoms with E-state index in [0.717, 1.165) is 0 Å². The van der Waals surface area contributed by atoms with Crippen LogP contribution < -0.4 is 14.2 Å². The summed E-state index contributed by atoms with van der Waals surface area (Å²) in [7, 11) is 0.462. The van der Waals surface area contributed by atoms with E-state index in [4.69, 9.17) is 14.2 Å². The summed E-state index contributed by atoms with van der Waals surface area (Å²) in [6.45, 7) is 0. The molecular weight excluding hydrogens is 342 g/mol. The van der Waals surface area contributed by atoms with Crippen molar-refractivity contribution in [2.24, 2.45) is 0 Å². The number of sulfone groups is 1. The number of hydrogen-bond acceptors (Lipinski definition) is 6. The predicted octanol–water partition coefficient (Wildman–Crippen LogP) is 3.05. The van der Waals surface area contributed by atoms with Crippen LogP contribution in [0.4, 0.5) is 0 Å². The van der Waals surface area contributed by atoms with Gasteiger partial charge in [-0.2, -0.15) is 5.26 Å². The maximum atomic E-state index is 12.6. The van der Waals surface area contributed by atoms with Gasteiger partial charge in [0.1, 0.15) is 11.0 Å². The molecule has 0 spiro atoms. The molecule has 0 saturated heterocycles. The van der Waals surface area contributed by atoms with Crippen LogP contribution in [-0.4, -0.2) is 29.7 Å². The predicted molar refractivity (Wildman–Crippen MR) is 93.3 cm³/mol. The van der Waals surface area contributed by atoms with Crippen LogP contribution >= 0.6 is 0 Å². The first-order chi connectivity index (χ1) is 12.0. The van der Waals surface area contributed by atoms with E-state index in [0.29, 0.717) is 22.8 Å². The SMILES string of the molecule is COc1cc(/C=C(/C#N)S(=O)(=O)c2ccccc2)cc(OC)c1OC. The number of methoxy groups -OCH3 is 3. The zero-order valence-electron chi connectivity index (χ0n) is 14.0. The normalized spacial score (nSPS) is 11.5. The van der Waals surface area contributed by atoms with E-state index in [1.807, 2.05) is 0 Å². The van der Waals surface area contributed by atoms with Crippen LogP contribution in [0.15, 0.2) is 52.3 Å². The smallest absolute Gasteiger partial charge is 0.216 e. The van der Waals surface area contributed by atoms with Gasteiger partial charge in [0.25, 0.3) is 0 Å². The Bertz CT molecular complexity index is 903. The van der Waals surface area contributed by atoms with Crippen molar-refractivity contribution in [3.8, 4) is 23.3 Å². The zero-order valence-corrected chi connectivity index (χ0v) is 14.8. The number of benzene rings is 2. The Morgan fingerprint density at radius 3 is 2.00 bits per heavy atom. The van der Waals surface area contributed by atoms with Crippen LogP contribution in [0.1, 0.15) is 5.56 Å². The van der Waals surface area contributed by atoms with Gasteiger partial charge in [0.05, 0.1) is 26.2 Å². The summed E-state index contributed by atoms with van der Waals surface area (Å²) in [5, 5.41) is 9.35. The molecule has 0 unspecified atom stereocenters. The Kier molecular flexibility index (Phi) is 5.67. The summed E-state index contributed by atoms with van der Waals surface area (Å²) in [6.07, 6.45) is 1.27. The van der Waals surface area contributed by atoms with Crippen molar-refractivity contribution in [2.75, 3.05) is 21.3 Å². The lowest BCUT2D eigenvalue weighted by atomic mass is 10.1. The summed E-state index contributed by atoms with van der Waals surface area (Å²) in [4.78, 5) is -0.330. The van der Waals surface area contributed by atoms with E-state index in [2.05, 4.69) is 0 Å². The van der Waals surface area contributed by atoms with E-state index < -0.39 is 9.84 Å². The Labute approximate surface area is 146 Å². The summed E-state index contributed by atoms with van der Waals surface area (Å²) in [5.74, 6) is 1.11. The third kappa shape index (κ3) is 3.75. The van der Waals surface area contributed by atoms with Gasteiger partial charge in [0, 0.05) is 0 Å². The van der Waals surface area contributed by atoms with Crippen molar-refractivity contribution < 1.29 is 22.6 Å². The van der Waals surface area contributed by atoms with E-state index in [1.54, 1.807) is 36.4 Å². The minimum atomic E-state index is -3.92. The molecule has 0 fully saturated rings. The van der Waals surface area contributed by atoms with Gasteiger partial charge >= 0.3 is 0 Å². The molecule has 130 valence electrons. The van der Waals surface area contributed by atoms with Gasteiger partial charge in [-0.15, -0.1) is 0 Å². The molecule has 0 aromatic heterocycles. The first-order valence-corrected chi connectivity index (χ1v) is 8.68. The van der Waals surface area contributed by atoms with Gasteiger partial charge in [-0.3, -0.25) is 0 Å². The Balaban J connectivity index is 2.60. The summed E-state index contributed by atoms with van der Waals surface area (Å²) >= 11 is 0. The van der Waals surface area contributed by atoms with E-state index in [1.165, 1.54) is 39.5 Å². The molecule has 25 heavy (non-hydrogen) atoms. The van der Waals surface area contributed by atoms with Gasteiger partial charge in [-0.1, -0.05) is 18.2 Å². The number of hydrogen-bond donors (Lipinski definition) is 0. The van der Waals surface area contributed by atoms with Crippen molar-refractivity contribution in [2.45, 2.75) is 4.90 Å². The van der Waals surface area contributed by atoms with Crippen LogP contribution in [0.3, 0.4) is 0 Å². The average Bonchev–Trinajstić information content (AvgIpc) is 2.65. The lowest BCUT2D eigenvalue weighted by Crippen LogP contribution is -2.03. The average molecular weight is 359 g/mol. The summed E-state index contributed by atoms with van der Waals surface area (Å²) in [5.41, 5.74) is 0.436. The topological polar surface area (TPSA) is 85.6 Å². The molecular formula is C18H17NO5S. The number of allylic oxidation sites excluding steroid dienone is 1. The highest BCUT2D eigenvalue weighted by molar-refractivity contribution is 7.95. The highest BCUT2D eigenvalue weighted by Gasteiger charge is 2.21. The zero-order chi connectivity index (χ0) is 18.4. The van der Waals surface area contributed by atoms with Crippen molar-refractivity contribution in [1.29, 1.82) is 5.26 Å². The van der Waals surface area contributed by atoms with Gasteiger partial charge in [-0.25, -0.2) is 8.42 Å². The maximum Gasteiger partial charge on any atom is 0.216 e. The fourth-order valence-corrected chi connectivity index (χ4v) is 3.41. The molecule has 0 N–H and O–H groups in total. The van der Waals surface area contributed by atoms with Crippen LogP contribution in [0.25, 0.3) is 6.08 Å². The Morgan fingerprint density at radius 2 is 1.56 bits per heavy atom. The van der Waals surface area contributed by atoms with Gasteiger partial charge in [-0.05, 0) is 35.9 Å². The molecule has 2 aromatic rings. The fraction of sp³-hybridized carbons (Fsp3) is 0.167. The summed E-state index contributed by atoms with van der Waals surface area (Å²) < 4.78 is 40.9. The molecule has 0 saturated carbocycles. The van der Waals surface area contributed by atoms with Crippen molar-refractivity contribution in [3.63, 3.8) is 0 Å². The van der Waals surface area contributed by atoms with E-state index in [-0.39, 0.29) is 9.80 Å². The van der Waals surface area contributed by atoms with E-state index >= 15 is 0 Å². The van der Waals surface area contributed by atoms with Crippen molar-refractivity contribution in [1.82, 2.24) is 0 Å². The molecule has 2 rings (SSSR count). The maximum absolute atomic E-state index is 12.6. The van der Waals surface area contributed by atoms with Gasteiger partial charge < -0.3 is 14.2 Å². The number of nitrogens with zero attached hydrogens (tertiary/aromatic N) is 1. The minimum absolute atomic E-state index is 0.0511. The summed E-state index contributed by atoms with van der Waals surface area (Å²) in [6, 6.07) is 12.7. The third-order valence-electron chi connectivity index (χ3n) is 3.44. The van der Waals surface area contributed by atoms with Crippen LogP contribution in [-0.2, 0) is 9.84 Å². The second-order valence-electron chi connectivity index (χ2n) is 4.90. The Hall–Kier alpha value is -2.98. The monoisotopic (exact) mass is 359 g/mol. The number of rotatable bonds is 6. The highest BCUT2D eigenvalue weighted by atomic mass is 32.2. The quantitative estimate of drug-likeness (QED) is 0.737. The number of ether oxygens (including phenoxy) is 3. The van der Waals surface area contributed by atoms with Crippen LogP contribution in [0, 0.1) is 11.3 Å². The highest BCUT2D eigenvalue weighted by Crippen LogP contribution is 2.39. The van der Waals surface area contributed by atoms with Crippen LogP contribution in [0.5, 0.6) is 17.2 Å². The molecule has 6 nitrogen and oxygen atoms in total. The van der Waals surface area contributed by atoms with Gasteiger partial charge in [0.15, 0.2) is 11.5 Å². The molecule has 2 aromatic carbocycles. The van der Waals surface area contributed by atoms with Crippen LogP contribution in [0.2, 0.25) is 0 Å². The van der Waals surface area contributed by atoms with Gasteiger partial charge in [0.2, 0.25) is 15.6 Å². The molecule has 0 atom stereocenters. The van der Waals surface area contributed by atoms with E-state index in [9.17, 15) is 13.7 Å². The van der Waals surface area contributed by atoms with Crippen molar-refractivity contribution in [3.05, 3.63) is 52.9 Å². The lowest BCUT2D eigenvalue weighted by Gasteiger charge is -2.13. The molecule has 0 bridgehead atoms. The second kappa shape index (κ2) is 7.73. The Morgan fingerprint density at radius 1 is 1.00 bits per heavy atom. The molecule has 7 heteroatoms. The van der Waals surface area contributed by atoms with Crippen molar-refractivity contribution >= 4 is 15.9 Å². The largest absolute Gasteiger partial charge is 0.493 e. The third-order valence-corrected chi connectivity index (χ3v) is 5.12. The number of nitriles is 1. The first kappa shape index (κ1) is 18.4. The minimum Gasteiger partial charge on any atom is -0.493 e. The molecule has 0 amide bonds. The second-order valence-corrected chi connectivity index (χ2v) is 6.81. The fourth-order valence-electron chi connectivity index (χ4n) is 2.23. The standard InChI is InChI=1S/C18H17NO5S/c1-22-16-10-13(11-17(23-2)18(16)24-3)9-15(12-19)25(20,21)14-7-5-4-6-8-14/h4-11H,1-3H3/b15-9-. The molecule has 0 aliphatic carbocycles.